The number of phenols is 1. The van der Waals surface area contributed by atoms with Gasteiger partial charge in [0, 0.05) is 22.9 Å². The van der Waals surface area contributed by atoms with Gasteiger partial charge in [-0.3, -0.25) is 9.59 Å². The molecule has 1 aliphatic heterocycles. The number of hydrogen-bond donors (Lipinski definition) is 2. The number of ether oxygens (including phenoxy) is 2. The molecule has 0 saturated heterocycles. The van der Waals surface area contributed by atoms with Crippen molar-refractivity contribution in [3.8, 4) is 5.75 Å². The number of aromatic hydroxyl groups is 1. The average Bonchev–Trinajstić information content (AvgIpc) is 3.07. The van der Waals surface area contributed by atoms with Crippen molar-refractivity contribution in [2.75, 3.05) is 7.11 Å². The number of benzene rings is 1. The molecule has 0 aromatic heterocycles. The summed E-state index contributed by atoms with van der Waals surface area (Å²) in [5, 5.41) is 13.1. The minimum atomic E-state index is -0.928. The Morgan fingerprint density at radius 3 is 2.32 bits per heavy atom. The Balaban J connectivity index is 1.76. The Morgan fingerprint density at radius 2 is 1.71 bits per heavy atom. The lowest BCUT2D eigenvalue weighted by Gasteiger charge is -2.38. The van der Waals surface area contributed by atoms with E-state index in [0.717, 1.165) is 44.2 Å². The molecule has 2 aliphatic carbocycles. The number of carbonyl (C=O) groups is 3. The van der Waals surface area contributed by atoms with Crippen LogP contribution in [0.5, 0.6) is 5.75 Å². The van der Waals surface area contributed by atoms with Crippen molar-refractivity contribution >= 4 is 17.7 Å². The first kappa shape index (κ1) is 24.0. The molecule has 0 radical (unpaired) electrons. The second kappa shape index (κ2) is 10.0. The van der Waals surface area contributed by atoms with Gasteiger partial charge in [0.15, 0.2) is 5.78 Å². The molecular formula is C27H33NO6. The summed E-state index contributed by atoms with van der Waals surface area (Å²) in [6.45, 7) is 3.68. The standard InChI is InChI=1S/C27H33NO6/c1-15-14-20-24(25(30)21(15)26(31)33-3)23(17-10-12-18(29)13-11-17)22(16(2)28-20)27(32)34-19-8-6-4-5-7-9-19/h10-13,15,19,21,23,28-29H,4-9,14H2,1-3H3/t15-,21+,23+/m1/s1. The number of rotatable bonds is 4. The third kappa shape index (κ3) is 4.61. The number of methoxy groups -OCH3 is 1. The number of nitrogens with one attached hydrogen (secondary N) is 1. The summed E-state index contributed by atoms with van der Waals surface area (Å²) in [5.74, 6) is -3.11. The number of dihydropyridines is 1. The molecule has 0 amide bonds. The summed E-state index contributed by atoms with van der Waals surface area (Å²) < 4.78 is 10.9. The van der Waals surface area contributed by atoms with Crippen molar-refractivity contribution in [2.45, 2.75) is 70.8 Å². The van der Waals surface area contributed by atoms with Crippen molar-refractivity contribution in [3.63, 3.8) is 0 Å². The van der Waals surface area contributed by atoms with E-state index in [2.05, 4.69) is 5.32 Å². The van der Waals surface area contributed by atoms with Crippen molar-refractivity contribution in [1.82, 2.24) is 5.32 Å². The predicted octanol–water partition coefficient (Wildman–Crippen LogP) is 4.27. The second-order valence-corrected chi connectivity index (χ2v) is 9.65. The lowest BCUT2D eigenvalue weighted by atomic mass is 9.69. The minimum absolute atomic E-state index is 0.0891. The molecule has 1 heterocycles. The first-order valence-electron chi connectivity index (χ1n) is 12.1. The van der Waals surface area contributed by atoms with Crippen LogP contribution in [0.3, 0.4) is 0 Å². The van der Waals surface area contributed by atoms with Crippen molar-refractivity contribution in [3.05, 3.63) is 52.4 Å². The Hall–Kier alpha value is -3.09. The zero-order chi connectivity index (χ0) is 24.4. The van der Waals surface area contributed by atoms with Crippen LogP contribution in [-0.2, 0) is 23.9 Å². The highest BCUT2D eigenvalue weighted by Crippen LogP contribution is 2.45. The Bertz CT molecular complexity index is 1030. The van der Waals surface area contributed by atoms with Gasteiger partial charge in [0.05, 0.1) is 12.7 Å². The molecule has 1 aromatic carbocycles. The first-order valence-corrected chi connectivity index (χ1v) is 12.1. The number of phenolic OH excluding ortho intramolecular Hbond substituents is 1. The van der Waals surface area contributed by atoms with E-state index in [4.69, 9.17) is 9.47 Å². The lowest BCUT2D eigenvalue weighted by molar-refractivity contribution is -0.151. The molecule has 7 heteroatoms. The van der Waals surface area contributed by atoms with Gasteiger partial charge in [0.25, 0.3) is 0 Å². The minimum Gasteiger partial charge on any atom is -0.508 e. The number of Topliss-reactive ketones (excluding diaryl/α,β-unsaturated/α-hetero) is 1. The average molecular weight is 468 g/mol. The molecule has 3 atom stereocenters. The van der Waals surface area contributed by atoms with Crippen molar-refractivity contribution < 1.29 is 29.0 Å². The van der Waals surface area contributed by atoms with E-state index in [1.54, 1.807) is 12.1 Å². The highest BCUT2D eigenvalue weighted by atomic mass is 16.5. The highest BCUT2D eigenvalue weighted by molar-refractivity contribution is 6.12. The molecule has 34 heavy (non-hydrogen) atoms. The smallest absolute Gasteiger partial charge is 0.337 e. The van der Waals surface area contributed by atoms with Crippen LogP contribution < -0.4 is 5.32 Å². The van der Waals surface area contributed by atoms with E-state index in [1.807, 2.05) is 13.8 Å². The van der Waals surface area contributed by atoms with Gasteiger partial charge >= 0.3 is 11.9 Å². The molecule has 0 unspecified atom stereocenters. The van der Waals surface area contributed by atoms with Crippen LogP contribution in [0.1, 0.15) is 70.3 Å². The number of hydrogen-bond acceptors (Lipinski definition) is 7. The third-order valence-corrected chi connectivity index (χ3v) is 7.27. The van der Waals surface area contributed by atoms with E-state index < -0.39 is 23.8 Å². The lowest BCUT2D eigenvalue weighted by Crippen LogP contribution is -2.43. The zero-order valence-electron chi connectivity index (χ0n) is 20.1. The van der Waals surface area contributed by atoms with Gasteiger partial charge in [-0.2, -0.15) is 0 Å². The highest BCUT2D eigenvalue weighted by Gasteiger charge is 2.47. The number of ketones is 1. The molecular weight excluding hydrogens is 434 g/mol. The summed E-state index contributed by atoms with van der Waals surface area (Å²) >= 11 is 0. The SMILES string of the molecule is COC(=O)[C@@H]1C(=O)C2=C(C[C@H]1C)NC(C)=C(C(=O)OC1CCCCCC1)[C@@H]2c1ccc(O)cc1. The van der Waals surface area contributed by atoms with E-state index in [0.29, 0.717) is 28.8 Å². The normalized spacial score (nSPS) is 25.9. The topological polar surface area (TPSA) is 102 Å². The molecule has 182 valence electrons. The fraction of sp³-hybridized carbons (Fsp3) is 0.519. The maximum absolute atomic E-state index is 13.7. The maximum Gasteiger partial charge on any atom is 0.337 e. The number of carbonyl (C=O) groups excluding carboxylic acids is 3. The summed E-state index contributed by atoms with van der Waals surface area (Å²) in [5.41, 5.74) is 2.83. The van der Waals surface area contributed by atoms with Crippen LogP contribution >= 0.6 is 0 Å². The predicted molar refractivity (Wildman–Crippen MR) is 126 cm³/mol. The summed E-state index contributed by atoms with van der Waals surface area (Å²) in [4.78, 5) is 39.8. The van der Waals surface area contributed by atoms with E-state index >= 15 is 0 Å². The molecule has 0 spiro atoms. The fourth-order valence-electron chi connectivity index (χ4n) is 5.53. The number of allylic oxidation sites excluding steroid dienone is 3. The van der Waals surface area contributed by atoms with Gasteiger partial charge < -0.3 is 19.9 Å². The Labute approximate surface area is 200 Å². The Kier molecular flexibility index (Phi) is 7.10. The van der Waals surface area contributed by atoms with Gasteiger partial charge in [-0.05, 0) is 62.6 Å². The van der Waals surface area contributed by atoms with Crippen LogP contribution in [0.25, 0.3) is 0 Å². The molecule has 0 bridgehead atoms. The monoisotopic (exact) mass is 467 g/mol. The van der Waals surface area contributed by atoms with E-state index in [-0.39, 0.29) is 23.6 Å². The van der Waals surface area contributed by atoms with Crippen LogP contribution in [0.2, 0.25) is 0 Å². The number of esters is 2. The quantitative estimate of drug-likeness (QED) is 0.387. The molecule has 1 fully saturated rings. The van der Waals surface area contributed by atoms with Gasteiger partial charge in [-0.15, -0.1) is 0 Å². The van der Waals surface area contributed by atoms with Gasteiger partial charge in [-0.1, -0.05) is 31.9 Å². The zero-order valence-corrected chi connectivity index (χ0v) is 20.1. The van der Waals surface area contributed by atoms with E-state index in [1.165, 1.54) is 19.2 Å². The van der Waals surface area contributed by atoms with E-state index in [9.17, 15) is 19.5 Å². The van der Waals surface area contributed by atoms with Crippen LogP contribution in [0, 0.1) is 11.8 Å². The summed E-state index contributed by atoms with van der Waals surface area (Å²) in [6.07, 6.45) is 6.36. The van der Waals surface area contributed by atoms with Gasteiger partial charge in [0.1, 0.15) is 17.8 Å². The summed E-state index contributed by atoms with van der Waals surface area (Å²) in [7, 11) is 1.28. The van der Waals surface area contributed by atoms with Crippen LogP contribution in [-0.4, -0.2) is 36.0 Å². The largest absolute Gasteiger partial charge is 0.508 e. The Morgan fingerprint density at radius 1 is 1.06 bits per heavy atom. The fourth-order valence-corrected chi connectivity index (χ4v) is 5.53. The molecule has 3 aliphatic rings. The van der Waals surface area contributed by atoms with Gasteiger partial charge in [-0.25, -0.2) is 4.79 Å². The molecule has 1 saturated carbocycles. The van der Waals surface area contributed by atoms with Crippen molar-refractivity contribution in [2.24, 2.45) is 11.8 Å². The molecule has 4 rings (SSSR count). The second-order valence-electron chi connectivity index (χ2n) is 9.65. The molecule has 2 N–H and O–H groups in total. The molecule has 1 aromatic rings. The third-order valence-electron chi connectivity index (χ3n) is 7.27. The maximum atomic E-state index is 13.7. The van der Waals surface area contributed by atoms with Crippen LogP contribution in [0.4, 0.5) is 0 Å². The molecule has 7 nitrogen and oxygen atoms in total. The summed E-state index contributed by atoms with van der Waals surface area (Å²) in [6, 6.07) is 6.49. The van der Waals surface area contributed by atoms with Gasteiger partial charge in [0.2, 0.25) is 0 Å². The van der Waals surface area contributed by atoms with Crippen LogP contribution in [0.15, 0.2) is 46.8 Å². The first-order chi connectivity index (χ1) is 16.3. The van der Waals surface area contributed by atoms with Crippen molar-refractivity contribution in [1.29, 1.82) is 0 Å².